The number of carbonyl (C=O) groups excluding carboxylic acids is 1. The average molecular weight is 407 g/mol. The molecule has 0 spiro atoms. The number of hydrogen-bond donors (Lipinski definition) is 0. The average Bonchev–Trinajstić information content (AvgIpc) is 2.58. The van der Waals surface area contributed by atoms with Crippen LogP contribution in [0.3, 0.4) is 0 Å². The van der Waals surface area contributed by atoms with Gasteiger partial charge in [-0.3, -0.25) is 19.2 Å². The van der Waals surface area contributed by atoms with E-state index in [1.54, 1.807) is 0 Å². The molecule has 0 heterocycles. The minimum atomic E-state index is -4.41. The zero-order chi connectivity index (χ0) is 18.9. The molecule has 0 amide bonds. The van der Waals surface area contributed by atoms with Gasteiger partial charge >= 0.3 is 10.1 Å². The number of nitro benzene ring substituents is 1. The Balaban J connectivity index is 2.38. The number of alkyl halides is 2. The van der Waals surface area contributed by atoms with Crippen LogP contribution in [0.15, 0.2) is 45.5 Å². The maximum absolute atomic E-state index is 12.2. The van der Waals surface area contributed by atoms with Gasteiger partial charge in [-0.25, -0.2) is 0 Å². The first-order valence-corrected chi connectivity index (χ1v) is 9.10. The third-order valence-corrected chi connectivity index (χ3v) is 5.78. The van der Waals surface area contributed by atoms with Crippen molar-refractivity contribution in [2.45, 2.75) is 29.5 Å². The topological polar surface area (TPSA) is 116 Å². The van der Waals surface area contributed by atoms with Crippen molar-refractivity contribution in [1.29, 1.82) is 0 Å². The van der Waals surface area contributed by atoms with Gasteiger partial charge in [-0.05, 0) is 31.1 Å². The SMILES string of the molecule is CC1=C(C)C(=NOS(=O)(=O)c2cccc([N+](=O)[O-])c2)C(Cl)C(Cl)C1=O. The zero-order valence-electron chi connectivity index (χ0n) is 13.0. The molecule has 1 aliphatic rings. The lowest BCUT2D eigenvalue weighted by atomic mass is 9.90. The molecule has 1 aromatic rings. The van der Waals surface area contributed by atoms with Crippen molar-refractivity contribution in [3.63, 3.8) is 0 Å². The van der Waals surface area contributed by atoms with E-state index in [4.69, 9.17) is 23.2 Å². The van der Waals surface area contributed by atoms with Crippen LogP contribution >= 0.6 is 23.2 Å². The summed E-state index contributed by atoms with van der Waals surface area (Å²) in [6.07, 6.45) is 0. The molecule has 0 saturated heterocycles. The van der Waals surface area contributed by atoms with Crippen LogP contribution in [0.1, 0.15) is 13.8 Å². The van der Waals surface area contributed by atoms with Gasteiger partial charge in [0.05, 0.1) is 4.92 Å². The normalized spacial score (nSPS) is 23.0. The summed E-state index contributed by atoms with van der Waals surface area (Å²) in [5.74, 6) is -0.375. The molecular formula is C14H12Cl2N2O6S. The number of hydrogen-bond acceptors (Lipinski definition) is 7. The summed E-state index contributed by atoms with van der Waals surface area (Å²) in [5.41, 5.74) is 0.250. The highest BCUT2D eigenvalue weighted by Crippen LogP contribution is 2.28. The van der Waals surface area contributed by atoms with Crippen LogP contribution in [0.2, 0.25) is 0 Å². The number of nitrogens with zero attached hydrogens (tertiary/aromatic N) is 2. The van der Waals surface area contributed by atoms with Crippen molar-refractivity contribution in [2.24, 2.45) is 5.16 Å². The van der Waals surface area contributed by atoms with Gasteiger partial charge < -0.3 is 0 Å². The van der Waals surface area contributed by atoms with Crippen molar-refractivity contribution >= 4 is 50.5 Å². The number of allylic oxidation sites excluding steroid dienone is 2. The quantitative estimate of drug-likeness (QED) is 0.431. The number of nitro groups is 1. The Bertz CT molecular complexity index is 910. The number of rotatable bonds is 4. The molecule has 0 bridgehead atoms. The molecular weight excluding hydrogens is 395 g/mol. The third kappa shape index (κ3) is 3.83. The predicted octanol–water partition coefficient (Wildman–Crippen LogP) is 2.79. The molecule has 0 fully saturated rings. The van der Waals surface area contributed by atoms with E-state index in [1.165, 1.54) is 19.9 Å². The van der Waals surface area contributed by atoms with Crippen LogP contribution in [-0.4, -0.2) is 35.6 Å². The van der Waals surface area contributed by atoms with Gasteiger partial charge in [0.1, 0.15) is 21.4 Å². The van der Waals surface area contributed by atoms with Crippen LogP contribution in [0, 0.1) is 10.1 Å². The fourth-order valence-corrected chi connectivity index (χ4v) is 3.44. The largest absolute Gasteiger partial charge is 0.358 e. The van der Waals surface area contributed by atoms with E-state index in [2.05, 4.69) is 9.44 Å². The number of benzene rings is 1. The van der Waals surface area contributed by atoms with Crippen LogP contribution in [0.25, 0.3) is 0 Å². The van der Waals surface area contributed by atoms with E-state index in [0.717, 1.165) is 18.2 Å². The summed E-state index contributed by atoms with van der Waals surface area (Å²) in [6, 6.07) is 4.32. The highest BCUT2D eigenvalue weighted by Gasteiger charge is 2.37. The van der Waals surface area contributed by atoms with E-state index in [1.807, 2.05) is 0 Å². The highest BCUT2D eigenvalue weighted by atomic mass is 35.5. The Kier molecular flexibility index (Phi) is 5.50. The van der Waals surface area contributed by atoms with Crippen LogP contribution in [0.5, 0.6) is 0 Å². The molecule has 8 nitrogen and oxygen atoms in total. The van der Waals surface area contributed by atoms with Gasteiger partial charge in [0.2, 0.25) is 0 Å². The summed E-state index contributed by atoms with van der Waals surface area (Å²) in [6.45, 7) is 3.05. The van der Waals surface area contributed by atoms with Gasteiger partial charge in [0.15, 0.2) is 5.78 Å². The van der Waals surface area contributed by atoms with Crippen molar-refractivity contribution < 1.29 is 22.4 Å². The monoisotopic (exact) mass is 406 g/mol. The second-order valence-corrected chi connectivity index (χ2v) is 7.65. The van der Waals surface area contributed by atoms with Crippen molar-refractivity contribution in [1.82, 2.24) is 0 Å². The first-order chi connectivity index (χ1) is 11.6. The standard InChI is InChI=1S/C14H12Cl2N2O6S/c1-7-8(2)14(19)12(16)11(15)13(7)17-24-25(22,23)10-5-3-4-9(6-10)18(20)21/h3-6,11-12H,1-2H3. The summed E-state index contributed by atoms with van der Waals surface area (Å²) in [5, 5.41) is 12.1. The number of oxime groups is 1. The summed E-state index contributed by atoms with van der Waals surface area (Å²) < 4.78 is 29.0. The van der Waals surface area contributed by atoms with Crippen molar-refractivity contribution in [2.75, 3.05) is 0 Å². The molecule has 0 aliphatic heterocycles. The molecule has 11 heteroatoms. The molecule has 2 unspecified atom stereocenters. The third-order valence-electron chi connectivity index (χ3n) is 3.64. The fraction of sp³-hybridized carbons (Fsp3) is 0.286. The lowest BCUT2D eigenvalue weighted by Gasteiger charge is -2.24. The van der Waals surface area contributed by atoms with Gasteiger partial charge in [0, 0.05) is 12.1 Å². The Morgan fingerprint density at radius 3 is 2.44 bits per heavy atom. The van der Waals surface area contributed by atoms with E-state index < -0.39 is 36.4 Å². The lowest BCUT2D eigenvalue weighted by Crippen LogP contribution is -2.38. The molecule has 0 saturated carbocycles. The maximum Gasteiger partial charge on any atom is 0.358 e. The summed E-state index contributed by atoms with van der Waals surface area (Å²) >= 11 is 12.0. The Hall–Kier alpha value is -1.97. The highest BCUT2D eigenvalue weighted by molar-refractivity contribution is 7.86. The minimum absolute atomic E-state index is 0.00720. The van der Waals surface area contributed by atoms with E-state index in [-0.39, 0.29) is 11.5 Å². The zero-order valence-corrected chi connectivity index (χ0v) is 15.3. The van der Waals surface area contributed by atoms with Crippen LogP contribution in [0.4, 0.5) is 5.69 Å². The Morgan fingerprint density at radius 2 is 1.84 bits per heavy atom. The molecule has 25 heavy (non-hydrogen) atoms. The molecule has 1 aliphatic carbocycles. The number of non-ortho nitro benzene ring substituents is 1. The molecule has 0 radical (unpaired) electrons. The molecule has 0 aromatic heterocycles. The van der Waals surface area contributed by atoms with Crippen LogP contribution < -0.4 is 0 Å². The molecule has 0 N–H and O–H groups in total. The van der Waals surface area contributed by atoms with Gasteiger partial charge in [-0.1, -0.05) is 11.2 Å². The first kappa shape index (κ1) is 19.4. The molecule has 2 atom stereocenters. The predicted molar refractivity (Wildman–Crippen MR) is 91.5 cm³/mol. The number of carbonyl (C=O) groups is 1. The number of Topliss-reactive ketones (excluding diaryl/α,β-unsaturated/α-hetero) is 1. The molecule has 2 rings (SSSR count). The van der Waals surface area contributed by atoms with Crippen molar-refractivity contribution in [3.05, 3.63) is 45.5 Å². The number of halogens is 2. The van der Waals surface area contributed by atoms with E-state index in [0.29, 0.717) is 11.1 Å². The van der Waals surface area contributed by atoms with Gasteiger partial charge in [-0.2, -0.15) is 8.42 Å². The summed E-state index contributed by atoms with van der Waals surface area (Å²) in [7, 11) is -4.41. The Morgan fingerprint density at radius 1 is 1.20 bits per heavy atom. The van der Waals surface area contributed by atoms with E-state index in [9.17, 15) is 23.3 Å². The minimum Gasteiger partial charge on any atom is -0.293 e. The molecule has 134 valence electrons. The van der Waals surface area contributed by atoms with E-state index >= 15 is 0 Å². The first-order valence-electron chi connectivity index (χ1n) is 6.82. The van der Waals surface area contributed by atoms with Crippen molar-refractivity contribution in [3.8, 4) is 0 Å². The van der Waals surface area contributed by atoms with Gasteiger partial charge in [-0.15, -0.1) is 23.2 Å². The number of ketones is 1. The second-order valence-electron chi connectivity index (χ2n) is 5.18. The smallest absolute Gasteiger partial charge is 0.293 e. The van der Waals surface area contributed by atoms with Crippen LogP contribution in [-0.2, 0) is 19.2 Å². The second kappa shape index (κ2) is 7.11. The Labute approximate surface area is 153 Å². The summed E-state index contributed by atoms with van der Waals surface area (Å²) in [4.78, 5) is 21.4. The van der Waals surface area contributed by atoms with Gasteiger partial charge in [0.25, 0.3) is 5.69 Å². The lowest BCUT2D eigenvalue weighted by molar-refractivity contribution is -0.385. The maximum atomic E-state index is 12.2. The molecule has 1 aromatic carbocycles. The fourth-order valence-electron chi connectivity index (χ4n) is 2.07.